The first-order valence-corrected chi connectivity index (χ1v) is 10.4. The molecule has 0 saturated carbocycles. The van der Waals surface area contributed by atoms with Gasteiger partial charge in [0.1, 0.15) is 7.05 Å². The Bertz CT molecular complexity index is 1080. The van der Waals surface area contributed by atoms with Crippen molar-refractivity contribution in [2.45, 2.75) is 54.4 Å². The van der Waals surface area contributed by atoms with Gasteiger partial charge < -0.3 is 0 Å². The summed E-state index contributed by atoms with van der Waals surface area (Å²) in [5, 5.41) is 0. The third-order valence-electron chi connectivity index (χ3n) is 6.01. The number of rotatable bonds is 2. The second-order valence-electron chi connectivity index (χ2n) is 9.84. The molecule has 1 nitrogen and oxygen atoms in total. The second kappa shape index (κ2) is 6.58. The number of hydrogen-bond acceptors (Lipinski definition) is 0. The summed E-state index contributed by atoms with van der Waals surface area (Å²) in [6.45, 7) is 13.7. The Kier molecular flexibility index (Phi) is 4.45. The summed E-state index contributed by atoms with van der Waals surface area (Å²) >= 11 is 0. The molecule has 4 rings (SSSR count). The van der Waals surface area contributed by atoms with Crippen LogP contribution in [0.15, 0.2) is 42.6 Å². The molecule has 1 heterocycles. The second-order valence-corrected chi connectivity index (χ2v) is 9.84. The van der Waals surface area contributed by atoms with E-state index in [4.69, 9.17) is 0 Å². The van der Waals surface area contributed by atoms with Crippen LogP contribution < -0.4 is 4.57 Å². The zero-order chi connectivity index (χ0) is 20.2. The smallest absolute Gasteiger partial charge is 0.201 e. The van der Waals surface area contributed by atoms with Crippen molar-refractivity contribution in [2.75, 3.05) is 0 Å². The lowest BCUT2D eigenvalue weighted by Crippen LogP contribution is -2.32. The summed E-state index contributed by atoms with van der Waals surface area (Å²) in [5.41, 5.74) is 14.4. The van der Waals surface area contributed by atoms with Crippen LogP contribution in [0.4, 0.5) is 0 Å². The Hall–Kier alpha value is -2.41. The van der Waals surface area contributed by atoms with Gasteiger partial charge in [-0.3, -0.25) is 0 Å². The van der Waals surface area contributed by atoms with E-state index in [1.165, 1.54) is 55.8 Å². The van der Waals surface area contributed by atoms with Crippen LogP contribution in [-0.2, 0) is 19.9 Å². The van der Waals surface area contributed by atoms with Crippen LogP contribution in [0, 0.1) is 26.2 Å². The molecule has 3 aromatic rings. The highest BCUT2D eigenvalue weighted by Crippen LogP contribution is 2.43. The first-order valence-electron chi connectivity index (χ1n) is 10.4. The Morgan fingerprint density at radius 2 is 1.64 bits per heavy atom. The maximum absolute atomic E-state index is 2.44. The fourth-order valence-corrected chi connectivity index (χ4v) is 4.68. The number of aromatic nitrogens is 1. The number of fused-ring (bicyclic) bond motifs is 3. The average Bonchev–Trinajstić information content (AvgIpc) is 2.94. The van der Waals surface area contributed by atoms with Crippen LogP contribution in [0.5, 0.6) is 0 Å². The van der Waals surface area contributed by atoms with Crippen LogP contribution in [0.2, 0.25) is 0 Å². The van der Waals surface area contributed by atoms with Gasteiger partial charge in [0.2, 0.25) is 5.69 Å². The van der Waals surface area contributed by atoms with Crippen molar-refractivity contribution in [3.63, 3.8) is 0 Å². The lowest BCUT2D eigenvalue weighted by atomic mass is 9.85. The Balaban J connectivity index is 1.92. The minimum absolute atomic E-state index is 0.281. The quantitative estimate of drug-likeness (QED) is 0.366. The van der Waals surface area contributed by atoms with Crippen LogP contribution in [0.25, 0.3) is 22.4 Å². The standard InChI is InChI=1S/C27H32N/c1-17-8-10-20-13-24-22(23(20)12-17)11-9-18(2)26(24)25-14-21(15-27(4,5)6)19(3)16-28(25)7/h8-12,14,16H,13,15H2,1-7H3/q+1. The molecular weight excluding hydrogens is 338 g/mol. The molecule has 0 saturated heterocycles. The first kappa shape index (κ1) is 18.9. The summed E-state index contributed by atoms with van der Waals surface area (Å²) in [4.78, 5) is 0. The molecule has 0 atom stereocenters. The van der Waals surface area contributed by atoms with E-state index in [9.17, 15) is 0 Å². The van der Waals surface area contributed by atoms with E-state index in [1.807, 2.05) is 0 Å². The molecule has 0 spiro atoms. The zero-order valence-electron chi connectivity index (χ0n) is 18.4. The van der Waals surface area contributed by atoms with E-state index in [-0.39, 0.29) is 5.41 Å². The van der Waals surface area contributed by atoms with Crippen LogP contribution >= 0.6 is 0 Å². The summed E-state index contributed by atoms with van der Waals surface area (Å²) in [5.74, 6) is 0. The summed E-state index contributed by atoms with van der Waals surface area (Å²) < 4.78 is 2.32. The van der Waals surface area contributed by atoms with Gasteiger partial charge in [0.25, 0.3) is 0 Å². The van der Waals surface area contributed by atoms with E-state index in [0.717, 1.165) is 12.8 Å². The van der Waals surface area contributed by atoms with E-state index in [0.29, 0.717) is 0 Å². The number of hydrogen-bond donors (Lipinski definition) is 0. The molecule has 1 heteroatoms. The Morgan fingerprint density at radius 1 is 0.893 bits per heavy atom. The predicted octanol–water partition coefficient (Wildman–Crippen LogP) is 6.26. The summed E-state index contributed by atoms with van der Waals surface area (Å²) in [6.07, 6.45) is 4.44. The maximum atomic E-state index is 2.44. The Morgan fingerprint density at radius 3 is 2.36 bits per heavy atom. The molecule has 28 heavy (non-hydrogen) atoms. The molecule has 1 aliphatic rings. The minimum Gasteiger partial charge on any atom is -0.201 e. The first-order chi connectivity index (χ1) is 13.1. The summed E-state index contributed by atoms with van der Waals surface area (Å²) in [7, 11) is 2.19. The van der Waals surface area contributed by atoms with E-state index < -0.39 is 0 Å². The lowest BCUT2D eigenvalue weighted by molar-refractivity contribution is -0.660. The molecule has 1 aromatic heterocycles. The molecule has 1 aliphatic carbocycles. The van der Waals surface area contributed by atoms with Gasteiger partial charge in [-0.15, -0.1) is 0 Å². The molecule has 2 aromatic carbocycles. The fraction of sp³-hybridized carbons (Fsp3) is 0.370. The van der Waals surface area contributed by atoms with E-state index >= 15 is 0 Å². The third-order valence-corrected chi connectivity index (χ3v) is 6.01. The van der Waals surface area contributed by atoms with Crippen molar-refractivity contribution in [1.29, 1.82) is 0 Å². The summed E-state index contributed by atoms with van der Waals surface area (Å²) in [6, 6.07) is 14.0. The van der Waals surface area contributed by atoms with Crippen molar-refractivity contribution >= 4 is 0 Å². The van der Waals surface area contributed by atoms with Gasteiger partial charge in [-0.05, 0) is 72.4 Å². The van der Waals surface area contributed by atoms with Gasteiger partial charge in [0.05, 0.1) is 5.56 Å². The average molecular weight is 371 g/mol. The van der Waals surface area contributed by atoms with E-state index in [2.05, 4.69) is 95.8 Å². The lowest BCUT2D eigenvalue weighted by Gasteiger charge is -2.20. The Labute approximate surface area is 170 Å². The third kappa shape index (κ3) is 3.28. The van der Waals surface area contributed by atoms with Gasteiger partial charge >= 0.3 is 0 Å². The zero-order valence-corrected chi connectivity index (χ0v) is 18.4. The van der Waals surface area contributed by atoms with Crippen molar-refractivity contribution in [3.05, 3.63) is 76.0 Å². The van der Waals surface area contributed by atoms with Gasteiger partial charge in [-0.1, -0.05) is 56.7 Å². The van der Waals surface area contributed by atoms with Crippen LogP contribution in [0.1, 0.15) is 54.2 Å². The topological polar surface area (TPSA) is 3.88 Å². The molecule has 0 bridgehead atoms. The van der Waals surface area contributed by atoms with Gasteiger partial charge in [-0.25, -0.2) is 4.57 Å². The van der Waals surface area contributed by atoms with Crippen LogP contribution in [-0.4, -0.2) is 0 Å². The van der Waals surface area contributed by atoms with Gasteiger partial charge in [0.15, 0.2) is 6.20 Å². The van der Waals surface area contributed by atoms with Crippen molar-refractivity contribution in [3.8, 4) is 22.4 Å². The largest absolute Gasteiger partial charge is 0.213 e. The van der Waals surface area contributed by atoms with Crippen LogP contribution in [0.3, 0.4) is 0 Å². The molecule has 0 aliphatic heterocycles. The minimum atomic E-state index is 0.281. The molecule has 0 radical (unpaired) electrons. The number of pyridine rings is 1. The van der Waals surface area contributed by atoms with Crippen molar-refractivity contribution in [1.82, 2.24) is 0 Å². The molecule has 144 valence electrons. The molecule has 0 fully saturated rings. The molecule has 0 amide bonds. The van der Waals surface area contributed by atoms with E-state index in [1.54, 1.807) is 0 Å². The molecular formula is C27H32N+. The highest BCUT2D eigenvalue weighted by atomic mass is 14.9. The van der Waals surface area contributed by atoms with Crippen molar-refractivity contribution in [2.24, 2.45) is 12.5 Å². The number of aryl methyl sites for hydroxylation is 4. The fourth-order valence-electron chi connectivity index (χ4n) is 4.68. The van der Waals surface area contributed by atoms with Gasteiger partial charge in [0, 0.05) is 11.6 Å². The highest BCUT2D eigenvalue weighted by Gasteiger charge is 2.27. The van der Waals surface area contributed by atoms with Gasteiger partial charge in [-0.2, -0.15) is 0 Å². The number of benzene rings is 2. The SMILES string of the molecule is Cc1ccc2c(c1)-c1ccc(C)c(-c3cc(CC(C)(C)C)c(C)c[n+]3C)c1C2. The number of nitrogens with zero attached hydrogens (tertiary/aromatic N) is 1. The molecule has 0 N–H and O–H groups in total. The normalized spacial score (nSPS) is 12.8. The predicted molar refractivity (Wildman–Crippen MR) is 119 cm³/mol. The maximum Gasteiger partial charge on any atom is 0.213 e. The molecule has 0 unspecified atom stereocenters. The monoisotopic (exact) mass is 370 g/mol. The highest BCUT2D eigenvalue weighted by molar-refractivity contribution is 5.85. The van der Waals surface area contributed by atoms with Crippen molar-refractivity contribution < 1.29 is 4.57 Å².